The van der Waals surface area contributed by atoms with Crippen molar-refractivity contribution in [3.63, 3.8) is 0 Å². The molecule has 0 aliphatic heterocycles. The number of nitrogens with zero attached hydrogens (tertiary/aromatic N) is 4. The lowest BCUT2D eigenvalue weighted by atomic mass is 9.98. The van der Waals surface area contributed by atoms with Gasteiger partial charge < -0.3 is 4.40 Å². The molecule has 0 bridgehead atoms. The zero-order valence-corrected chi connectivity index (χ0v) is 30.1. The second kappa shape index (κ2) is 11.0. The Morgan fingerprint density at radius 1 is 0.339 bits per heavy atom. The quantitative estimate of drug-likeness (QED) is 0.171. The fraction of sp³-hybridized carbons (Fsp3) is 0. The highest BCUT2D eigenvalue weighted by Crippen LogP contribution is 2.47. The maximum atomic E-state index is 5.53. The molecule has 4 heteroatoms. The van der Waals surface area contributed by atoms with Crippen molar-refractivity contribution in [2.75, 3.05) is 0 Å². The normalized spacial score (nSPS) is 12.3. The fourth-order valence-corrected chi connectivity index (χ4v) is 9.58. The van der Waals surface area contributed by atoms with Crippen LogP contribution in [0.2, 0.25) is 0 Å². The molecule has 0 unspecified atom stereocenters. The maximum absolute atomic E-state index is 5.53. The van der Waals surface area contributed by atoms with Crippen molar-refractivity contribution in [1.82, 2.24) is 18.9 Å². The predicted molar refractivity (Wildman–Crippen MR) is 234 cm³/mol. The van der Waals surface area contributed by atoms with E-state index in [-0.39, 0.29) is 0 Å². The molecule has 0 atom stereocenters. The van der Waals surface area contributed by atoms with E-state index in [1.807, 2.05) is 0 Å². The summed E-state index contributed by atoms with van der Waals surface area (Å²) in [6.45, 7) is 0. The zero-order chi connectivity index (χ0) is 36.5. The van der Waals surface area contributed by atoms with E-state index in [9.17, 15) is 0 Å². The fourth-order valence-electron chi connectivity index (χ4n) is 9.58. The topological polar surface area (TPSA) is 35.1 Å². The minimum absolute atomic E-state index is 0.662. The molecule has 0 aliphatic carbocycles. The number of rotatable bonds is 3. The lowest BCUT2D eigenvalue weighted by molar-refractivity contribution is 1.01. The zero-order valence-electron chi connectivity index (χ0n) is 30.1. The van der Waals surface area contributed by atoms with Gasteiger partial charge in [-0.25, -0.2) is 9.97 Å². The number of para-hydroxylation sites is 3. The molecule has 0 N–H and O–H groups in total. The molecule has 0 spiro atoms. The number of hydrogen-bond donors (Lipinski definition) is 0. The third-order valence-electron chi connectivity index (χ3n) is 12.0. The van der Waals surface area contributed by atoms with Crippen molar-refractivity contribution in [2.24, 2.45) is 0 Å². The van der Waals surface area contributed by atoms with Gasteiger partial charge in [-0.1, -0.05) is 140 Å². The summed E-state index contributed by atoms with van der Waals surface area (Å²) in [5.74, 6) is 0.662. The molecule has 9 aromatic carbocycles. The number of aromatic nitrogens is 4. The van der Waals surface area contributed by atoms with Crippen LogP contribution in [0.4, 0.5) is 0 Å². The third-order valence-corrected chi connectivity index (χ3v) is 12.0. The van der Waals surface area contributed by atoms with E-state index in [4.69, 9.17) is 9.97 Å². The first-order chi connectivity index (χ1) is 27.8. The second-order valence-corrected chi connectivity index (χ2v) is 15.0. The molecule has 4 nitrogen and oxygen atoms in total. The van der Waals surface area contributed by atoms with Gasteiger partial charge in [-0.3, -0.25) is 4.57 Å². The van der Waals surface area contributed by atoms with Crippen molar-refractivity contribution in [3.05, 3.63) is 182 Å². The average Bonchev–Trinajstić information content (AvgIpc) is 3.90. The van der Waals surface area contributed by atoms with Gasteiger partial charge in [0.1, 0.15) is 0 Å². The van der Waals surface area contributed by atoms with E-state index in [1.54, 1.807) is 0 Å². The Balaban J connectivity index is 1.15. The summed E-state index contributed by atoms with van der Waals surface area (Å²) in [5.41, 5.74) is 11.2. The third kappa shape index (κ3) is 3.97. The lowest BCUT2D eigenvalue weighted by Crippen LogP contribution is -2.03. The Kier molecular flexibility index (Phi) is 5.86. The van der Waals surface area contributed by atoms with Crippen molar-refractivity contribution >= 4 is 92.3 Å². The largest absolute Gasteiger partial charge is 0.308 e. The molecule has 4 heterocycles. The predicted octanol–water partition coefficient (Wildman–Crippen LogP) is 13.5. The molecule has 0 aliphatic rings. The van der Waals surface area contributed by atoms with Crippen LogP contribution in [-0.4, -0.2) is 18.9 Å². The van der Waals surface area contributed by atoms with Crippen LogP contribution < -0.4 is 0 Å². The highest BCUT2D eigenvalue weighted by Gasteiger charge is 2.25. The molecule has 13 rings (SSSR count). The summed E-state index contributed by atoms with van der Waals surface area (Å²) in [7, 11) is 0. The van der Waals surface area contributed by atoms with Crippen LogP contribution in [0.3, 0.4) is 0 Å². The molecule has 13 aromatic rings. The van der Waals surface area contributed by atoms with Crippen LogP contribution in [0.5, 0.6) is 0 Å². The van der Waals surface area contributed by atoms with Gasteiger partial charge in [0.25, 0.3) is 0 Å². The van der Waals surface area contributed by atoms with Gasteiger partial charge in [0.15, 0.2) is 0 Å². The van der Waals surface area contributed by atoms with Crippen LogP contribution in [-0.2, 0) is 0 Å². The highest BCUT2D eigenvalue weighted by molar-refractivity contribution is 6.35. The van der Waals surface area contributed by atoms with E-state index < -0.39 is 0 Å². The summed E-state index contributed by atoms with van der Waals surface area (Å²) < 4.78 is 4.78. The summed E-state index contributed by atoms with van der Waals surface area (Å²) in [5, 5.41) is 13.4. The van der Waals surface area contributed by atoms with Crippen LogP contribution in [0.25, 0.3) is 121 Å². The lowest BCUT2D eigenvalue weighted by Gasteiger charge is -2.13. The van der Waals surface area contributed by atoms with E-state index in [2.05, 4.69) is 191 Å². The van der Waals surface area contributed by atoms with Gasteiger partial charge in [0.2, 0.25) is 5.95 Å². The smallest absolute Gasteiger partial charge is 0.235 e. The van der Waals surface area contributed by atoms with Crippen LogP contribution in [0.15, 0.2) is 182 Å². The molecular formula is C52H30N4. The molecule has 0 saturated carbocycles. The van der Waals surface area contributed by atoms with Crippen molar-refractivity contribution in [2.45, 2.75) is 0 Å². The minimum atomic E-state index is 0.662. The Hall–Kier alpha value is -7.56. The summed E-state index contributed by atoms with van der Waals surface area (Å²) >= 11 is 0. The Morgan fingerprint density at radius 2 is 1.00 bits per heavy atom. The number of fused-ring (bicyclic) bond motifs is 14. The van der Waals surface area contributed by atoms with Gasteiger partial charge in [-0.2, -0.15) is 0 Å². The first-order valence-corrected chi connectivity index (χ1v) is 19.2. The van der Waals surface area contributed by atoms with Gasteiger partial charge >= 0.3 is 0 Å². The Morgan fingerprint density at radius 3 is 1.88 bits per heavy atom. The average molecular weight is 711 g/mol. The SMILES string of the molecule is c1ccc(-c2ccc3c(c2)c2cc4c(c5ccccc5n4-c4nc(-c5ccc6c(ccc7ccccc76)c5)c5ccccc5n4)c4c5ccccc5n3c24)cc1. The molecule has 4 aromatic heterocycles. The van der Waals surface area contributed by atoms with E-state index in [0.29, 0.717) is 5.95 Å². The summed E-state index contributed by atoms with van der Waals surface area (Å²) in [6.07, 6.45) is 0. The van der Waals surface area contributed by atoms with E-state index in [1.165, 1.54) is 81.5 Å². The number of benzene rings is 9. The van der Waals surface area contributed by atoms with Crippen molar-refractivity contribution in [3.8, 4) is 28.3 Å². The first-order valence-electron chi connectivity index (χ1n) is 19.2. The molecule has 0 saturated heterocycles. The van der Waals surface area contributed by atoms with Crippen molar-refractivity contribution < 1.29 is 0 Å². The van der Waals surface area contributed by atoms with E-state index in [0.717, 1.165) is 33.2 Å². The van der Waals surface area contributed by atoms with Crippen LogP contribution in [0.1, 0.15) is 0 Å². The molecule has 0 radical (unpaired) electrons. The van der Waals surface area contributed by atoms with E-state index >= 15 is 0 Å². The Labute approximate surface area is 320 Å². The molecular weight excluding hydrogens is 681 g/mol. The molecule has 56 heavy (non-hydrogen) atoms. The van der Waals surface area contributed by atoms with Crippen LogP contribution >= 0.6 is 0 Å². The molecule has 0 amide bonds. The Bertz CT molecular complexity index is 3760. The molecule has 258 valence electrons. The number of hydrogen-bond acceptors (Lipinski definition) is 2. The standard InChI is InChI=1S/C52H30N4/c1-2-12-31(13-3-1)33-25-27-46-41(29-33)42-30-47-48(49-40-18-8-10-20-44(40)55(46)51(42)49)39-17-7-11-21-45(39)56(47)52-53-43-19-9-6-16-38(43)50(54-52)35-24-26-37-34(28-35)23-22-32-14-4-5-15-36(32)37/h1-30H. The van der Waals surface area contributed by atoms with Gasteiger partial charge in [0.05, 0.1) is 38.8 Å². The minimum Gasteiger partial charge on any atom is -0.308 e. The van der Waals surface area contributed by atoms with Gasteiger partial charge in [-0.05, 0) is 75.1 Å². The van der Waals surface area contributed by atoms with Crippen molar-refractivity contribution in [1.29, 1.82) is 0 Å². The molecule has 0 fully saturated rings. The van der Waals surface area contributed by atoms with Gasteiger partial charge in [-0.15, -0.1) is 0 Å². The second-order valence-electron chi connectivity index (χ2n) is 15.0. The summed E-state index contributed by atoms with van der Waals surface area (Å²) in [6, 6.07) is 65.8. The van der Waals surface area contributed by atoms with Gasteiger partial charge in [0, 0.05) is 43.3 Å². The first kappa shape index (κ1) is 29.8. The van der Waals surface area contributed by atoms with Crippen LogP contribution in [0, 0.1) is 0 Å². The summed E-state index contributed by atoms with van der Waals surface area (Å²) in [4.78, 5) is 10.9. The highest BCUT2D eigenvalue weighted by atomic mass is 15.2. The maximum Gasteiger partial charge on any atom is 0.235 e. The monoisotopic (exact) mass is 710 g/mol.